The molecule has 0 fully saturated rings. The second-order valence-electron chi connectivity index (χ2n) is 14.6. The summed E-state index contributed by atoms with van der Waals surface area (Å²) in [6, 6.07) is 29.2. The molecule has 0 radical (unpaired) electrons. The summed E-state index contributed by atoms with van der Waals surface area (Å²) in [6.07, 6.45) is 16.8. The third-order valence-electron chi connectivity index (χ3n) is 9.86. The van der Waals surface area contributed by atoms with E-state index in [4.69, 9.17) is 47.4 Å². The van der Waals surface area contributed by atoms with Gasteiger partial charge in [0.1, 0.15) is 26.4 Å². The molecular formula is C50H58N2O10+2. The van der Waals surface area contributed by atoms with Crippen molar-refractivity contribution >= 4 is 24.3 Å². The smallest absolute Gasteiger partial charge is 0.173 e. The molecule has 12 nitrogen and oxygen atoms in total. The summed E-state index contributed by atoms with van der Waals surface area (Å²) in [4.78, 5) is 0. The minimum atomic E-state index is 0.420. The lowest BCUT2D eigenvalue weighted by atomic mass is 10.1. The van der Waals surface area contributed by atoms with Crippen molar-refractivity contribution in [3.63, 3.8) is 0 Å². The van der Waals surface area contributed by atoms with Crippen LogP contribution in [0.25, 0.3) is 24.3 Å². The number of nitrogens with zero attached hydrogens (tertiary/aromatic N) is 2. The van der Waals surface area contributed by atoms with Gasteiger partial charge in [0.05, 0.1) is 79.3 Å². The standard InChI is InChI=1S/C50H58N2O10/c1-2-45(39-51-16-12-41(13-17-51)4-6-43-8-10-47-49(37-43)61-34-30-57-26-22-53-20-24-55-28-32-59-47)36-46(3-1)40-52-18-14-42(15-19-52)5-7-44-9-11-48-50(38-44)62-35-31-58-27-23-54-21-25-56-29-33-60-48/h1-19,36-38H,20-35,39-40H2/q+2/b6-4-,7-5-. The third kappa shape index (κ3) is 15.4. The normalized spacial score (nSPS) is 16.8. The average molecular weight is 847 g/mol. The number of pyridine rings is 2. The van der Waals surface area contributed by atoms with E-state index < -0.39 is 0 Å². The van der Waals surface area contributed by atoms with E-state index in [0.29, 0.717) is 129 Å². The Labute approximate surface area is 364 Å². The van der Waals surface area contributed by atoms with Crippen molar-refractivity contribution in [1.82, 2.24) is 0 Å². The fourth-order valence-corrected chi connectivity index (χ4v) is 6.65. The molecular weight excluding hydrogens is 789 g/mol. The molecule has 3 aromatic carbocycles. The van der Waals surface area contributed by atoms with Crippen LogP contribution in [0, 0.1) is 0 Å². The van der Waals surface area contributed by atoms with Gasteiger partial charge in [-0.1, -0.05) is 54.6 Å². The Morgan fingerprint density at radius 2 is 0.645 bits per heavy atom. The van der Waals surface area contributed by atoms with Gasteiger partial charge >= 0.3 is 0 Å². The maximum atomic E-state index is 6.05. The molecule has 0 amide bonds. The average Bonchev–Trinajstić information content (AvgIpc) is 3.31. The third-order valence-corrected chi connectivity index (χ3v) is 9.86. The fraction of sp³-hybridized carbons (Fsp3) is 0.360. The number of fused-ring (bicyclic) bond motifs is 2. The van der Waals surface area contributed by atoms with Gasteiger partial charge in [0.15, 0.2) is 60.9 Å². The Morgan fingerprint density at radius 3 is 1.02 bits per heavy atom. The Bertz CT molecular complexity index is 1990. The van der Waals surface area contributed by atoms with E-state index in [1.807, 2.05) is 36.4 Å². The molecule has 7 rings (SSSR count). The van der Waals surface area contributed by atoms with Gasteiger partial charge in [0.25, 0.3) is 0 Å². The van der Waals surface area contributed by atoms with Gasteiger partial charge in [-0.15, -0.1) is 0 Å². The summed E-state index contributed by atoms with van der Waals surface area (Å²) >= 11 is 0. The molecule has 326 valence electrons. The van der Waals surface area contributed by atoms with E-state index in [1.54, 1.807) is 0 Å². The van der Waals surface area contributed by atoms with Crippen LogP contribution in [-0.2, 0) is 41.5 Å². The quantitative estimate of drug-likeness (QED) is 0.165. The maximum absolute atomic E-state index is 6.05. The van der Waals surface area contributed by atoms with Crippen LogP contribution in [-0.4, -0.2) is 106 Å². The number of ether oxygens (including phenoxy) is 10. The van der Waals surface area contributed by atoms with Gasteiger partial charge in [0.2, 0.25) is 0 Å². The lowest BCUT2D eigenvalue weighted by molar-refractivity contribution is -0.689. The second kappa shape index (κ2) is 25.4. The summed E-state index contributed by atoms with van der Waals surface area (Å²) in [5.74, 6) is 2.73. The number of rotatable bonds is 8. The van der Waals surface area contributed by atoms with Crippen molar-refractivity contribution in [2.24, 2.45) is 0 Å². The van der Waals surface area contributed by atoms with Gasteiger partial charge in [-0.05, 0) is 52.6 Å². The zero-order valence-electron chi connectivity index (χ0n) is 35.4. The summed E-state index contributed by atoms with van der Waals surface area (Å²) in [5, 5.41) is 0. The first-order valence-electron chi connectivity index (χ1n) is 21.4. The molecule has 4 heterocycles. The molecule has 2 aliphatic rings. The second-order valence-corrected chi connectivity index (χ2v) is 14.6. The zero-order valence-corrected chi connectivity index (χ0v) is 35.4. The Morgan fingerprint density at radius 1 is 0.323 bits per heavy atom. The molecule has 0 saturated heterocycles. The summed E-state index contributed by atoms with van der Waals surface area (Å²) in [6.45, 7) is 9.38. The minimum Gasteiger partial charge on any atom is -0.487 e. The molecule has 2 aromatic heterocycles. The van der Waals surface area contributed by atoms with Crippen LogP contribution in [0.3, 0.4) is 0 Å². The van der Waals surface area contributed by atoms with Gasteiger partial charge in [0, 0.05) is 35.4 Å². The molecule has 12 heteroatoms. The van der Waals surface area contributed by atoms with E-state index in [9.17, 15) is 0 Å². The highest BCUT2D eigenvalue weighted by molar-refractivity contribution is 5.71. The summed E-state index contributed by atoms with van der Waals surface area (Å²) in [5.41, 5.74) is 6.70. The topological polar surface area (TPSA) is 100 Å². The molecule has 0 aliphatic carbocycles. The first kappa shape index (κ1) is 44.5. The Balaban J connectivity index is 0.903. The van der Waals surface area contributed by atoms with Crippen LogP contribution in [0.5, 0.6) is 23.0 Å². The van der Waals surface area contributed by atoms with Crippen molar-refractivity contribution in [3.8, 4) is 23.0 Å². The van der Waals surface area contributed by atoms with E-state index in [1.165, 1.54) is 11.1 Å². The highest BCUT2D eigenvalue weighted by atomic mass is 16.6. The van der Waals surface area contributed by atoms with Crippen LogP contribution < -0.4 is 28.1 Å². The van der Waals surface area contributed by atoms with Gasteiger partial charge in [-0.25, -0.2) is 9.13 Å². The van der Waals surface area contributed by atoms with Crippen molar-refractivity contribution in [1.29, 1.82) is 0 Å². The molecule has 0 saturated carbocycles. The number of hydrogen-bond acceptors (Lipinski definition) is 10. The SMILES string of the molecule is C(=C/c1ccc2c(c1)OCCOCCOCCOCCO2)/c1cc[n+](Cc2cccc(C[n+]3ccc(/C=C\c4ccc5c(c4)OCCOCCOCCOCCO5)cc3)c2)cc1. The number of hydrogen-bond donors (Lipinski definition) is 0. The lowest BCUT2D eigenvalue weighted by Crippen LogP contribution is -2.34. The minimum absolute atomic E-state index is 0.420. The van der Waals surface area contributed by atoms with Crippen LogP contribution in [0.15, 0.2) is 110 Å². The summed E-state index contributed by atoms with van der Waals surface area (Å²) in [7, 11) is 0. The van der Waals surface area contributed by atoms with Crippen LogP contribution in [0.1, 0.15) is 33.4 Å². The van der Waals surface area contributed by atoms with E-state index in [2.05, 4.69) is 107 Å². The fourth-order valence-electron chi connectivity index (χ4n) is 6.65. The lowest BCUT2D eigenvalue weighted by Gasteiger charge is -2.13. The predicted molar refractivity (Wildman–Crippen MR) is 236 cm³/mol. The molecule has 0 bridgehead atoms. The molecule has 0 spiro atoms. The van der Waals surface area contributed by atoms with Gasteiger partial charge < -0.3 is 47.4 Å². The highest BCUT2D eigenvalue weighted by Crippen LogP contribution is 2.30. The molecule has 62 heavy (non-hydrogen) atoms. The number of aromatic nitrogens is 2. The van der Waals surface area contributed by atoms with Crippen LogP contribution >= 0.6 is 0 Å². The summed E-state index contributed by atoms with van der Waals surface area (Å²) < 4.78 is 61.8. The van der Waals surface area contributed by atoms with Gasteiger partial charge in [-0.2, -0.15) is 0 Å². The first-order chi connectivity index (χ1) is 30.7. The maximum Gasteiger partial charge on any atom is 0.173 e. The van der Waals surface area contributed by atoms with E-state index in [-0.39, 0.29) is 0 Å². The largest absolute Gasteiger partial charge is 0.487 e. The molecule has 2 aliphatic heterocycles. The van der Waals surface area contributed by atoms with Gasteiger partial charge in [-0.3, -0.25) is 0 Å². The van der Waals surface area contributed by atoms with E-state index >= 15 is 0 Å². The molecule has 5 aromatic rings. The zero-order chi connectivity index (χ0) is 42.3. The molecule has 0 unspecified atom stereocenters. The van der Waals surface area contributed by atoms with Crippen molar-refractivity contribution in [2.75, 3.05) is 106 Å². The van der Waals surface area contributed by atoms with Crippen LogP contribution in [0.4, 0.5) is 0 Å². The Kier molecular flexibility index (Phi) is 18.2. The first-order valence-corrected chi connectivity index (χ1v) is 21.4. The predicted octanol–water partition coefficient (Wildman–Crippen LogP) is 6.34. The number of benzene rings is 3. The van der Waals surface area contributed by atoms with Crippen molar-refractivity contribution in [2.45, 2.75) is 13.1 Å². The van der Waals surface area contributed by atoms with Crippen LogP contribution in [0.2, 0.25) is 0 Å². The van der Waals surface area contributed by atoms with E-state index in [0.717, 1.165) is 35.3 Å². The van der Waals surface area contributed by atoms with Crippen molar-refractivity contribution < 1.29 is 56.5 Å². The molecule has 0 N–H and O–H groups in total. The Hall–Kier alpha value is -5.60. The molecule has 0 atom stereocenters. The highest BCUT2D eigenvalue weighted by Gasteiger charge is 2.11. The monoisotopic (exact) mass is 846 g/mol. The van der Waals surface area contributed by atoms with Crippen molar-refractivity contribution in [3.05, 3.63) is 143 Å².